The summed E-state index contributed by atoms with van der Waals surface area (Å²) in [5.74, 6) is 0.870. The highest BCUT2D eigenvalue weighted by atomic mass is 15.3. The summed E-state index contributed by atoms with van der Waals surface area (Å²) in [6, 6.07) is 0.355. The van der Waals surface area contributed by atoms with E-state index in [0.29, 0.717) is 6.04 Å². The Labute approximate surface area is 77.3 Å². The fraction of sp³-hybridized carbons (Fsp3) is 0.750. The van der Waals surface area contributed by atoms with E-state index in [0.717, 1.165) is 38.3 Å². The molecule has 2 rings (SSSR count). The minimum absolute atomic E-state index is 0.355. The number of rotatable bonds is 1. The van der Waals surface area contributed by atoms with Gasteiger partial charge in [-0.1, -0.05) is 0 Å². The van der Waals surface area contributed by atoms with Gasteiger partial charge >= 0.3 is 0 Å². The summed E-state index contributed by atoms with van der Waals surface area (Å²) in [5.41, 5.74) is 5.88. The Kier molecular flexibility index (Phi) is 2.44. The molecule has 1 aromatic heterocycles. The minimum atomic E-state index is 0.355. The molecular formula is C8H15N5. The largest absolute Gasteiger partial charge is 0.341 e. The Hall–Kier alpha value is -1.10. The summed E-state index contributed by atoms with van der Waals surface area (Å²) in [7, 11) is 0. The van der Waals surface area contributed by atoms with Gasteiger partial charge in [-0.15, -0.1) is 0 Å². The predicted octanol–water partition coefficient (Wildman–Crippen LogP) is 0.122. The molecule has 13 heavy (non-hydrogen) atoms. The Morgan fingerprint density at radius 2 is 2.38 bits per heavy atom. The first kappa shape index (κ1) is 8.50. The first-order valence-corrected chi connectivity index (χ1v) is 4.72. The van der Waals surface area contributed by atoms with E-state index in [2.05, 4.69) is 20.1 Å². The molecule has 1 aliphatic rings. The normalized spacial score (nSPS) is 24.4. The molecule has 0 radical (unpaired) electrons. The highest BCUT2D eigenvalue weighted by Gasteiger charge is 2.15. The summed E-state index contributed by atoms with van der Waals surface area (Å²) in [6.45, 7) is 2.01. The van der Waals surface area contributed by atoms with E-state index < -0.39 is 0 Å². The number of hydrogen-bond acceptors (Lipinski definition) is 4. The smallest absolute Gasteiger partial charge is 0.221 e. The number of aromatic amines is 1. The van der Waals surface area contributed by atoms with Crippen molar-refractivity contribution < 1.29 is 0 Å². The van der Waals surface area contributed by atoms with Gasteiger partial charge in [-0.3, -0.25) is 0 Å². The first-order chi connectivity index (χ1) is 6.36. The van der Waals surface area contributed by atoms with Gasteiger partial charge in [0.25, 0.3) is 0 Å². The molecule has 0 bridgehead atoms. The van der Waals surface area contributed by atoms with Gasteiger partial charge in [0, 0.05) is 19.1 Å². The monoisotopic (exact) mass is 181 g/mol. The molecule has 0 saturated carbocycles. The van der Waals surface area contributed by atoms with Crippen LogP contribution in [0.3, 0.4) is 0 Å². The second-order valence-corrected chi connectivity index (χ2v) is 3.49. The second kappa shape index (κ2) is 3.74. The fourth-order valence-electron chi connectivity index (χ4n) is 1.69. The van der Waals surface area contributed by atoms with Crippen molar-refractivity contribution in [3.8, 4) is 0 Å². The lowest BCUT2D eigenvalue weighted by Crippen LogP contribution is -2.27. The summed E-state index contributed by atoms with van der Waals surface area (Å²) in [4.78, 5) is 6.33. The quantitative estimate of drug-likeness (QED) is 0.645. The SMILES string of the molecule is NC1CCCN(c2ncn[nH]2)CC1. The first-order valence-electron chi connectivity index (χ1n) is 4.72. The Morgan fingerprint density at radius 1 is 1.46 bits per heavy atom. The van der Waals surface area contributed by atoms with E-state index >= 15 is 0 Å². The Balaban J connectivity index is 2.00. The summed E-state index contributed by atoms with van der Waals surface area (Å²) in [6.07, 6.45) is 4.84. The van der Waals surface area contributed by atoms with Crippen LogP contribution in [-0.2, 0) is 0 Å². The molecule has 0 spiro atoms. The Bertz CT molecular complexity index is 245. The van der Waals surface area contributed by atoms with Gasteiger partial charge < -0.3 is 10.6 Å². The maximum Gasteiger partial charge on any atom is 0.221 e. The third kappa shape index (κ3) is 1.98. The van der Waals surface area contributed by atoms with Crippen LogP contribution in [0.15, 0.2) is 6.33 Å². The van der Waals surface area contributed by atoms with Crippen LogP contribution in [0.4, 0.5) is 5.95 Å². The lowest BCUT2D eigenvalue weighted by molar-refractivity contribution is 0.601. The third-order valence-corrected chi connectivity index (χ3v) is 2.47. The van der Waals surface area contributed by atoms with Crippen LogP contribution in [0.2, 0.25) is 0 Å². The number of nitrogens with one attached hydrogen (secondary N) is 1. The summed E-state index contributed by atoms with van der Waals surface area (Å²) < 4.78 is 0. The molecule has 1 saturated heterocycles. The third-order valence-electron chi connectivity index (χ3n) is 2.47. The van der Waals surface area contributed by atoms with Crippen LogP contribution in [0.1, 0.15) is 19.3 Å². The van der Waals surface area contributed by atoms with Crippen molar-refractivity contribution in [1.82, 2.24) is 15.2 Å². The molecule has 5 nitrogen and oxygen atoms in total. The average Bonchev–Trinajstić information content (AvgIpc) is 2.56. The van der Waals surface area contributed by atoms with E-state index in [-0.39, 0.29) is 0 Å². The second-order valence-electron chi connectivity index (χ2n) is 3.49. The van der Waals surface area contributed by atoms with E-state index in [1.165, 1.54) is 0 Å². The predicted molar refractivity (Wildman–Crippen MR) is 50.4 cm³/mol. The summed E-state index contributed by atoms with van der Waals surface area (Å²) in [5, 5.41) is 6.71. The fourth-order valence-corrected chi connectivity index (χ4v) is 1.69. The topological polar surface area (TPSA) is 70.8 Å². The lowest BCUT2D eigenvalue weighted by Gasteiger charge is -2.18. The van der Waals surface area contributed by atoms with Gasteiger partial charge in [-0.2, -0.15) is 10.1 Å². The minimum Gasteiger partial charge on any atom is -0.341 e. The number of hydrogen-bond donors (Lipinski definition) is 2. The van der Waals surface area contributed by atoms with Crippen molar-refractivity contribution in [2.45, 2.75) is 25.3 Å². The van der Waals surface area contributed by atoms with Gasteiger partial charge in [0.15, 0.2) is 0 Å². The molecule has 3 N–H and O–H groups in total. The number of H-pyrrole nitrogens is 1. The highest BCUT2D eigenvalue weighted by Crippen LogP contribution is 2.13. The van der Waals surface area contributed by atoms with Crippen molar-refractivity contribution in [3.63, 3.8) is 0 Å². The molecule has 1 atom stereocenters. The maximum atomic E-state index is 5.88. The van der Waals surface area contributed by atoms with Crippen LogP contribution in [0, 0.1) is 0 Å². The van der Waals surface area contributed by atoms with Crippen LogP contribution in [0.5, 0.6) is 0 Å². The molecule has 1 fully saturated rings. The molecule has 1 aromatic rings. The molecular weight excluding hydrogens is 166 g/mol. The van der Waals surface area contributed by atoms with Crippen LogP contribution < -0.4 is 10.6 Å². The van der Waals surface area contributed by atoms with Crippen molar-refractivity contribution in [1.29, 1.82) is 0 Å². The average molecular weight is 181 g/mol. The van der Waals surface area contributed by atoms with Gasteiger partial charge in [0.1, 0.15) is 6.33 Å². The molecule has 0 aromatic carbocycles. The zero-order valence-corrected chi connectivity index (χ0v) is 7.61. The molecule has 72 valence electrons. The van der Waals surface area contributed by atoms with Crippen LogP contribution in [0.25, 0.3) is 0 Å². The van der Waals surface area contributed by atoms with E-state index in [9.17, 15) is 0 Å². The van der Waals surface area contributed by atoms with Crippen molar-refractivity contribution >= 4 is 5.95 Å². The molecule has 0 aliphatic carbocycles. The molecule has 1 aliphatic heterocycles. The Morgan fingerprint density at radius 3 is 3.15 bits per heavy atom. The molecule has 0 amide bonds. The zero-order valence-electron chi connectivity index (χ0n) is 7.61. The van der Waals surface area contributed by atoms with Gasteiger partial charge in [0.05, 0.1) is 0 Å². The van der Waals surface area contributed by atoms with Gasteiger partial charge in [-0.25, -0.2) is 5.10 Å². The van der Waals surface area contributed by atoms with Crippen molar-refractivity contribution in [3.05, 3.63) is 6.33 Å². The van der Waals surface area contributed by atoms with Gasteiger partial charge in [0.2, 0.25) is 5.95 Å². The van der Waals surface area contributed by atoms with E-state index in [1.807, 2.05) is 0 Å². The van der Waals surface area contributed by atoms with E-state index in [4.69, 9.17) is 5.73 Å². The highest BCUT2D eigenvalue weighted by molar-refractivity contribution is 5.27. The van der Waals surface area contributed by atoms with Gasteiger partial charge in [-0.05, 0) is 19.3 Å². The lowest BCUT2D eigenvalue weighted by atomic mass is 10.1. The molecule has 2 heterocycles. The van der Waals surface area contributed by atoms with Crippen molar-refractivity contribution in [2.75, 3.05) is 18.0 Å². The number of nitrogens with zero attached hydrogens (tertiary/aromatic N) is 3. The number of anilines is 1. The molecule has 5 heteroatoms. The van der Waals surface area contributed by atoms with Crippen LogP contribution in [-0.4, -0.2) is 34.3 Å². The zero-order chi connectivity index (χ0) is 9.10. The van der Waals surface area contributed by atoms with E-state index in [1.54, 1.807) is 6.33 Å². The number of aromatic nitrogens is 3. The standard InChI is InChI=1S/C8H15N5/c9-7-2-1-4-13(5-3-7)8-10-6-11-12-8/h6-7H,1-5,9H2,(H,10,11,12). The summed E-state index contributed by atoms with van der Waals surface area (Å²) >= 11 is 0. The van der Waals surface area contributed by atoms with Crippen LogP contribution >= 0.6 is 0 Å². The van der Waals surface area contributed by atoms with Crippen molar-refractivity contribution in [2.24, 2.45) is 5.73 Å². The maximum absolute atomic E-state index is 5.88. The molecule has 1 unspecified atom stereocenters. The number of nitrogens with two attached hydrogens (primary N) is 1.